The number of hydrogen-bond donors (Lipinski definition) is 1. The zero-order valence-electron chi connectivity index (χ0n) is 8.58. The van der Waals surface area contributed by atoms with Crippen molar-refractivity contribution < 1.29 is 9.90 Å². The van der Waals surface area contributed by atoms with Crippen LogP contribution in [0.3, 0.4) is 0 Å². The predicted molar refractivity (Wildman–Crippen MR) is 57.4 cm³/mol. The number of unbranched alkanes of at least 4 members (excludes halogenated alkanes) is 2. The third kappa shape index (κ3) is 9.68. The lowest BCUT2D eigenvalue weighted by Crippen LogP contribution is -2.06. The topological polar surface area (TPSA) is 37.3 Å². The average molecular weight is 209 g/mol. The predicted octanol–water partition coefficient (Wildman–Crippen LogP) is 3.49. The molecule has 0 amide bonds. The van der Waals surface area contributed by atoms with Gasteiger partial charge in [-0.2, -0.15) is 0 Å². The van der Waals surface area contributed by atoms with E-state index in [0.717, 1.165) is 12.8 Å². The van der Waals surface area contributed by atoms with Gasteiger partial charge in [0.25, 0.3) is 0 Å². The second-order valence-electron chi connectivity index (χ2n) is 3.37. The van der Waals surface area contributed by atoms with Gasteiger partial charge in [0.05, 0.1) is 0 Å². The van der Waals surface area contributed by atoms with Crippen LogP contribution in [-0.2, 0) is 4.79 Å². The van der Waals surface area contributed by atoms with Gasteiger partial charge in [-0.05, 0) is 12.3 Å². The fraction of sp³-hybridized carbons (Fsp3) is 0.900. The summed E-state index contributed by atoms with van der Waals surface area (Å²) >= 11 is 0. The van der Waals surface area contributed by atoms with Crippen molar-refractivity contribution in [3.8, 4) is 0 Å². The summed E-state index contributed by atoms with van der Waals surface area (Å²) in [6.45, 7) is 4.23. The van der Waals surface area contributed by atoms with Crippen LogP contribution in [0.25, 0.3) is 0 Å². The molecular formula is C10H21ClO2. The van der Waals surface area contributed by atoms with Gasteiger partial charge >= 0.3 is 5.97 Å². The lowest BCUT2D eigenvalue weighted by Gasteiger charge is -2.10. The molecule has 0 heterocycles. The molecule has 0 rings (SSSR count). The SMILES string of the molecule is CCCCCC(CC)CC(=O)O.Cl. The van der Waals surface area contributed by atoms with Crippen molar-refractivity contribution >= 4 is 18.4 Å². The number of hydrogen-bond acceptors (Lipinski definition) is 1. The maximum absolute atomic E-state index is 10.4. The number of halogens is 1. The summed E-state index contributed by atoms with van der Waals surface area (Å²) < 4.78 is 0. The van der Waals surface area contributed by atoms with Crippen LogP contribution in [0.15, 0.2) is 0 Å². The Morgan fingerprint density at radius 1 is 1.31 bits per heavy atom. The van der Waals surface area contributed by atoms with Gasteiger partial charge in [0.1, 0.15) is 0 Å². The quantitative estimate of drug-likeness (QED) is 0.651. The van der Waals surface area contributed by atoms with Crippen molar-refractivity contribution in [2.24, 2.45) is 5.92 Å². The van der Waals surface area contributed by atoms with E-state index in [0.29, 0.717) is 12.3 Å². The third-order valence-electron chi connectivity index (χ3n) is 2.26. The molecule has 1 N–H and O–H groups in total. The first-order valence-electron chi connectivity index (χ1n) is 4.92. The summed E-state index contributed by atoms with van der Waals surface area (Å²) in [5.41, 5.74) is 0. The van der Waals surface area contributed by atoms with Crippen LogP contribution in [0, 0.1) is 5.92 Å². The lowest BCUT2D eigenvalue weighted by atomic mass is 9.95. The second kappa shape index (κ2) is 9.85. The molecule has 0 aliphatic heterocycles. The van der Waals surface area contributed by atoms with E-state index >= 15 is 0 Å². The molecule has 0 aromatic rings. The fourth-order valence-corrected chi connectivity index (χ4v) is 1.38. The molecule has 0 aromatic carbocycles. The van der Waals surface area contributed by atoms with Crippen LogP contribution in [0.4, 0.5) is 0 Å². The number of carboxylic acid groups (broad SMARTS) is 1. The second-order valence-corrected chi connectivity index (χ2v) is 3.37. The van der Waals surface area contributed by atoms with Gasteiger partial charge in [-0.3, -0.25) is 4.79 Å². The largest absolute Gasteiger partial charge is 0.481 e. The summed E-state index contributed by atoms with van der Waals surface area (Å²) in [4.78, 5) is 10.4. The summed E-state index contributed by atoms with van der Waals surface area (Å²) in [6, 6.07) is 0. The van der Waals surface area contributed by atoms with Crippen LogP contribution < -0.4 is 0 Å². The van der Waals surface area contributed by atoms with Crippen molar-refractivity contribution in [3.63, 3.8) is 0 Å². The average Bonchev–Trinajstić information content (AvgIpc) is 2.02. The Morgan fingerprint density at radius 2 is 1.92 bits per heavy atom. The maximum atomic E-state index is 10.4. The Hall–Kier alpha value is -0.240. The van der Waals surface area contributed by atoms with Gasteiger partial charge in [-0.15, -0.1) is 12.4 Å². The fourth-order valence-electron chi connectivity index (χ4n) is 1.38. The summed E-state index contributed by atoms with van der Waals surface area (Å²) in [6.07, 6.45) is 6.05. The molecule has 1 atom stereocenters. The van der Waals surface area contributed by atoms with E-state index in [1.807, 2.05) is 0 Å². The molecule has 13 heavy (non-hydrogen) atoms. The molecule has 80 valence electrons. The highest BCUT2D eigenvalue weighted by atomic mass is 35.5. The van der Waals surface area contributed by atoms with E-state index < -0.39 is 5.97 Å². The van der Waals surface area contributed by atoms with Gasteiger partial charge in [0.15, 0.2) is 0 Å². The third-order valence-corrected chi connectivity index (χ3v) is 2.26. The smallest absolute Gasteiger partial charge is 0.303 e. The summed E-state index contributed by atoms with van der Waals surface area (Å²) in [5, 5.41) is 8.57. The molecule has 0 fully saturated rings. The van der Waals surface area contributed by atoms with Crippen LogP contribution >= 0.6 is 12.4 Å². The van der Waals surface area contributed by atoms with Gasteiger partial charge in [-0.1, -0.05) is 39.5 Å². The van der Waals surface area contributed by atoms with Crippen molar-refractivity contribution in [1.29, 1.82) is 0 Å². The van der Waals surface area contributed by atoms with Gasteiger partial charge in [0.2, 0.25) is 0 Å². The zero-order valence-corrected chi connectivity index (χ0v) is 9.40. The molecule has 2 nitrogen and oxygen atoms in total. The Morgan fingerprint density at radius 3 is 2.31 bits per heavy atom. The molecule has 3 heteroatoms. The summed E-state index contributed by atoms with van der Waals surface area (Å²) in [5.74, 6) is -0.257. The van der Waals surface area contributed by atoms with E-state index in [-0.39, 0.29) is 12.4 Å². The molecular weight excluding hydrogens is 188 g/mol. The van der Waals surface area contributed by atoms with Crippen molar-refractivity contribution in [2.75, 3.05) is 0 Å². The monoisotopic (exact) mass is 208 g/mol. The van der Waals surface area contributed by atoms with E-state index in [4.69, 9.17) is 5.11 Å². The standard InChI is InChI=1S/C10H20O2.ClH/c1-3-5-6-7-9(4-2)8-10(11)12;/h9H,3-8H2,1-2H3,(H,11,12);1H. The number of carboxylic acids is 1. The Balaban J connectivity index is 0. The molecule has 1 unspecified atom stereocenters. The molecule has 0 spiro atoms. The molecule has 0 bridgehead atoms. The first-order valence-corrected chi connectivity index (χ1v) is 4.92. The summed E-state index contributed by atoms with van der Waals surface area (Å²) in [7, 11) is 0. The van der Waals surface area contributed by atoms with Crippen molar-refractivity contribution in [1.82, 2.24) is 0 Å². The molecule has 0 saturated carbocycles. The molecule has 0 aliphatic rings. The molecule has 0 radical (unpaired) electrons. The van der Waals surface area contributed by atoms with Crippen LogP contribution in [0.1, 0.15) is 52.4 Å². The highest BCUT2D eigenvalue weighted by Crippen LogP contribution is 2.16. The minimum absolute atomic E-state index is 0. The Bertz CT molecular complexity index is 126. The van der Waals surface area contributed by atoms with Crippen LogP contribution in [0.2, 0.25) is 0 Å². The first-order chi connectivity index (χ1) is 5.70. The number of carbonyl (C=O) groups is 1. The van der Waals surface area contributed by atoms with Gasteiger partial charge in [-0.25, -0.2) is 0 Å². The Labute approximate surface area is 87.1 Å². The first kappa shape index (κ1) is 15.2. The van der Waals surface area contributed by atoms with E-state index in [1.165, 1.54) is 19.3 Å². The van der Waals surface area contributed by atoms with Gasteiger partial charge in [0, 0.05) is 6.42 Å². The van der Waals surface area contributed by atoms with Crippen LogP contribution in [0.5, 0.6) is 0 Å². The van der Waals surface area contributed by atoms with Crippen molar-refractivity contribution in [2.45, 2.75) is 52.4 Å². The minimum atomic E-state index is -0.654. The lowest BCUT2D eigenvalue weighted by molar-refractivity contribution is -0.138. The van der Waals surface area contributed by atoms with E-state index in [1.54, 1.807) is 0 Å². The molecule has 0 aliphatic carbocycles. The van der Waals surface area contributed by atoms with Crippen LogP contribution in [-0.4, -0.2) is 11.1 Å². The van der Waals surface area contributed by atoms with Crippen molar-refractivity contribution in [3.05, 3.63) is 0 Å². The Kier molecular flexibility index (Phi) is 11.5. The molecule has 0 aromatic heterocycles. The normalized spacial score (nSPS) is 11.8. The maximum Gasteiger partial charge on any atom is 0.303 e. The molecule has 0 saturated heterocycles. The number of rotatable bonds is 7. The number of aliphatic carboxylic acids is 1. The van der Waals surface area contributed by atoms with E-state index in [2.05, 4.69) is 13.8 Å². The highest BCUT2D eigenvalue weighted by Gasteiger charge is 2.09. The van der Waals surface area contributed by atoms with Gasteiger partial charge < -0.3 is 5.11 Å². The zero-order chi connectivity index (χ0) is 9.40. The minimum Gasteiger partial charge on any atom is -0.481 e. The van der Waals surface area contributed by atoms with E-state index in [9.17, 15) is 4.79 Å². The highest BCUT2D eigenvalue weighted by molar-refractivity contribution is 5.85.